The van der Waals surface area contributed by atoms with Gasteiger partial charge in [-0.1, -0.05) is 16.9 Å². The van der Waals surface area contributed by atoms with Crippen molar-refractivity contribution in [1.82, 2.24) is 5.16 Å². The van der Waals surface area contributed by atoms with Crippen LogP contribution in [0.1, 0.15) is 12.0 Å². The van der Waals surface area contributed by atoms with E-state index < -0.39 is 6.29 Å². The molecule has 0 unspecified atom stereocenters. The largest absolute Gasteiger partial charge is 0.350 e. The molecule has 0 saturated carbocycles. The summed E-state index contributed by atoms with van der Waals surface area (Å²) < 4.78 is 14.9. The molecular formula is C7H11NO3S. The van der Waals surface area contributed by atoms with Crippen LogP contribution >= 0.6 is 11.8 Å². The Kier molecular flexibility index (Phi) is 3.58. The van der Waals surface area contributed by atoms with Gasteiger partial charge in [0.05, 0.1) is 0 Å². The summed E-state index contributed by atoms with van der Waals surface area (Å²) in [5.41, 5.74) is 0.657. The van der Waals surface area contributed by atoms with E-state index in [9.17, 15) is 0 Å². The molecule has 0 N–H and O–H groups in total. The van der Waals surface area contributed by atoms with Crippen LogP contribution in [0.4, 0.5) is 0 Å². The Morgan fingerprint density at radius 3 is 2.58 bits per heavy atom. The Morgan fingerprint density at radius 1 is 1.50 bits per heavy atom. The first kappa shape index (κ1) is 9.57. The van der Waals surface area contributed by atoms with Gasteiger partial charge in [-0.05, 0) is 6.26 Å². The van der Waals surface area contributed by atoms with Crippen LogP contribution in [0.15, 0.2) is 15.7 Å². The molecule has 0 atom stereocenters. The van der Waals surface area contributed by atoms with Crippen molar-refractivity contribution in [3.63, 3.8) is 0 Å². The minimum Gasteiger partial charge on any atom is -0.350 e. The highest BCUT2D eigenvalue weighted by Crippen LogP contribution is 2.21. The van der Waals surface area contributed by atoms with Crippen LogP contribution in [0, 0.1) is 0 Å². The zero-order valence-electron chi connectivity index (χ0n) is 7.23. The Hall–Kier alpha value is -0.520. The number of hydrogen-bond donors (Lipinski definition) is 0. The highest BCUT2D eigenvalue weighted by Gasteiger charge is 2.14. The maximum Gasteiger partial charge on any atom is 0.204 e. The fraction of sp³-hybridized carbons (Fsp3) is 0.571. The topological polar surface area (TPSA) is 44.5 Å². The maximum absolute atomic E-state index is 4.99. The van der Waals surface area contributed by atoms with E-state index in [1.54, 1.807) is 20.3 Å². The van der Waals surface area contributed by atoms with Crippen LogP contribution in [-0.2, 0) is 9.47 Å². The van der Waals surface area contributed by atoms with Crippen LogP contribution in [0.25, 0.3) is 0 Å². The standard InChI is InChI=1S/C7H11NO3S/c1-9-7(10-2)5-4-6(12-3)11-8-5/h4,7H,1-3H3. The normalized spacial score (nSPS) is 11.0. The smallest absolute Gasteiger partial charge is 0.204 e. The van der Waals surface area contributed by atoms with Crippen LogP contribution in [-0.4, -0.2) is 25.6 Å². The number of hydrogen-bond acceptors (Lipinski definition) is 5. The van der Waals surface area contributed by atoms with Crippen molar-refractivity contribution in [1.29, 1.82) is 0 Å². The molecule has 1 rings (SSSR count). The molecule has 1 aromatic rings. The van der Waals surface area contributed by atoms with Crippen LogP contribution in [0.2, 0.25) is 0 Å². The molecule has 5 heteroatoms. The Balaban J connectivity index is 2.72. The molecule has 0 aliphatic heterocycles. The molecule has 0 radical (unpaired) electrons. The van der Waals surface area contributed by atoms with Crippen LogP contribution in [0.3, 0.4) is 0 Å². The quantitative estimate of drug-likeness (QED) is 0.532. The molecule has 0 spiro atoms. The van der Waals surface area contributed by atoms with Crippen LogP contribution in [0.5, 0.6) is 0 Å². The van der Waals surface area contributed by atoms with Gasteiger partial charge in [-0.25, -0.2) is 0 Å². The summed E-state index contributed by atoms with van der Waals surface area (Å²) >= 11 is 1.49. The zero-order valence-corrected chi connectivity index (χ0v) is 8.05. The Morgan fingerprint density at radius 2 is 2.17 bits per heavy atom. The Bertz CT molecular complexity index is 234. The molecule has 1 aromatic heterocycles. The highest BCUT2D eigenvalue weighted by atomic mass is 32.2. The molecule has 0 aliphatic carbocycles. The van der Waals surface area contributed by atoms with Gasteiger partial charge in [0.15, 0.2) is 5.09 Å². The Labute approximate surface area is 75.2 Å². The average molecular weight is 189 g/mol. The molecule has 0 aliphatic rings. The zero-order chi connectivity index (χ0) is 8.97. The molecule has 1 heterocycles. The van der Waals surface area contributed by atoms with Gasteiger partial charge in [0, 0.05) is 20.3 Å². The second-order valence-corrected chi connectivity index (χ2v) is 2.89. The summed E-state index contributed by atoms with van der Waals surface area (Å²) in [5.74, 6) is 0. The van der Waals surface area contributed by atoms with Crippen molar-refractivity contribution in [3.8, 4) is 0 Å². The molecule has 0 fully saturated rings. The lowest BCUT2D eigenvalue weighted by atomic mass is 10.4. The third kappa shape index (κ3) is 2.00. The molecule has 68 valence electrons. The molecule has 0 aromatic carbocycles. The van der Waals surface area contributed by atoms with Gasteiger partial charge in [0.2, 0.25) is 6.29 Å². The summed E-state index contributed by atoms with van der Waals surface area (Å²) in [5, 5.41) is 4.54. The number of nitrogens with zero attached hydrogens (tertiary/aromatic N) is 1. The van der Waals surface area contributed by atoms with Gasteiger partial charge >= 0.3 is 0 Å². The monoisotopic (exact) mass is 189 g/mol. The minimum absolute atomic E-state index is 0.436. The number of thioether (sulfide) groups is 1. The fourth-order valence-corrected chi connectivity index (χ4v) is 1.17. The number of methoxy groups -OCH3 is 2. The molecule has 4 nitrogen and oxygen atoms in total. The lowest BCUT2D eigenvalue weighted by Crippen LogP contribution is -2.03. The highest BCUT2D eigenvalue weighted by molar-refractivity contribution is 7.98. The summed E-state index contributed by atoms with van der Waals surface area (Å²) in [6, 6.07) is 1.79. The van der Waals surface area contributed by atoms with E-state index in [2.05, 4.69) is 5.16 Å². The fourth-order valence-electron chi connectivity index (χ4n) is 0.816. The van der Waals surface area contributed by atoms with E-state index in [1.807, 2.05) is 6.26 Å². The van der Waals surface area contributed by atoms with Gasteiger partial charge in [-0.3, -0.25) is 0 Å². The van der Waals surface area contributed by atoms with Gasteiger partial charge in [-0.15, -0.1) is 0 Å². The molecular weight excluding hydrogens is 178 g/mol. The van der Waals surface area contributed by atoms with Gasteiger partial charge in [0.25, 0.3) is 0 Å². The number of ether oxygens (including phenoxy) is 2. The lowest BCUT2D eigenvalue weighted by molar-refractivity contribution is -0.109. The van der Waals surface area contributed by atoms with Gasteiger partial charge in [0.1, 0.15) is 5.69 Å². The van der Waals surface area contributed by atoms with Crippen molar-refractivity contribution in [2.75, 3.05) is 20.5 Å². The van der Waals surface area contributed by atoms with Crippen molar-refractivity contribution in [3.05, 3.63) is 11.8 Å². The van der Waals surface area contributed by atoms with E-state index in [0.717, 1.165) is 5.09 Å². The summed E-state index contributed by atoms with van der Waals surface area (Å²) in [4.78, 5) is 0. The SMILES string of the molecule is COC(OC)c1cc(SC)on1. The second-order valence-electron chi connectivity index (χ2n) is 2.08. The third-order valence-electron chi connectivity index (χ3n) is 1.38. The van der Waals surface area contributed by atoms with E-state index in [1.165, 1.54) is 11.8 Å². The summed E-state index contributed by atoms with van der Waals surface area (Å²) in [6.07, 6.45) is 1.48. The molecule has 0 saturated heterocycles. The summed E-state index contributed by atoms with van der Waals surface area (Å²) in [6.45, 7) is 0. The molecule has 0 amide bonds. The van der Waals surface area contributed by atoms with Crippen molar-refractivity contribution in [2.45, 2.75) is 11.4 Å². The van der Waals surface area contributed by atoms with E-state index in [0.29, 0.717) is 5.69 Å². The number of aromatic nitrogens is 1. The summed E-state index contributed by atoms with van der Waals surface area (Å²) in [7, 11) is 3.11. The first-order valence-electron chi connectivity index (χ1n) is 3.38. The first-order valence-corrected chi connectivity index (χ1v) is 4.60. The van der Waals surface area contributed by atoms with Gasteiger partial charge < -0.3 is 14.0 Å². The van der Waals surface area contributed by atoms with Crippen molar-refractivity contribution < 1.29 is 14.0 Å². The van der Waals surface area contributed by atoms with E-state index >= 15 is 0 Å². The van der Waals surface area contributed by atoms with Gasteiger partial charge in [-0.2, -0.15) is 0 Å². The second kappa shape index (κ2) is 4.49. The van der Waals surface area contributed by atoms with E-state index in [-0.39, 0.29) is 0 Å². The predicted molar refractivity (Wildman–Crippen MR) is 45.0 cm³/mol. The minimum atomic E-state index is -0.436. The molecule has 0 bridgehead atoms. The van der Waals surface area contributed by atoms with Crippen LogP contribution < -0.4 is 0 Å². The third-order valence-corrected chi connectivity index (χ3v) is 1.97. The molecule has 12 heavy (non-hydrogen) atoms. The van der Waals surface area contributed by atoms with Crippen molar-refractivity contribution in [2.24, 2.45) is 0 Å². The number of rotatable bonds is 4. The average Bonchev–Trinajstić information content (AvgIpc) is 2.55. The van der Waals surface area contributed by atoms with Crippen molar-refractivity contribution >= 4 is 11.8 Å². The maximum atomic E-state index is 4.99. The van der Waals surface area contributed by atoms with E-state index in [4.69, 9.17) is 14.0 Å². The predicted octanol–water partition coefficient (Wildman–Crippen LogP) is 1.69. The first-order chi connectivity index (χ1) is 5.81. The lowest BCUT2D eigenvalue weighted by Gasteiger charge is -2.07.